The van der Waals surface area contributed by atoms with E-state index in [-0.39, 0.29) is 23.7 Å². The fourth-order valence-electron chi connectivity index (χ4n) is 2.29. The lowest BCUT2D eigenvalue weighted by atomic mass is 10.1. The van der Waals surface area contributed by atoms with Gasteiger partial charge in [0.25, 0.3) is 5.89 Å². The second kappa shape index (κ2) is 8.22. The zero-order valence-electron chi connectivity index (χ0n) is 14.5. The van der Waals surface area contributed by atoms with Crippen LogP contribution in [0.1, 0.15) is 23.6 Å². The molecule has 0 aliphatic heterocycles. The van der Waals surface area contributed by atoms with Gasteiger partial charge in [-0.25, -0.2) is 19.0 Å². The molecule has 3 aromatic rings. The minimum atomic E-state index is -2.88. The number of hydrogen-bond donors (Lipinski definition) is 2. The highest BCUT2D eigenvalue weighted by Gasteiger charge is 2.17. The zero-order chi connectivity index (χ0) is 21.1. The molecule has 0 aliphatic carbocycles. The number of hydrogen-bond acceptors (Lipinski definition) is 7. The molecule has 7 nitrogen and oxygen atoms in total. The van der Waals surface area contributed by atoms with Gasteiger partial charge >= 0.3 is 6.43 Å². The Bertz CT molecular complexity index is 1010. The van der Waals surface area contributed by atoms with Gasteiger partial charge in [0, 0.05) is 18.0 Å². The van der Waals surface area contributed by atoms with Crippen LogP contribution >= 0.6 is 0 Å². The van der Waals surface area contributed by atoms with E-state index in [0.29, 0.717) is 11.3 Å². The normalized spacial score (nSPS) is 11.9. The standard InChI is InChI=1S/C17H13F5N6O/c18-11-3-9(4-12(19)14(11)20)13(23)7-28(24)6-10-2-1-8(5-25-10)16-26-27-17(29-16)15(21)22/h1-5,7,15H,6,23-24H2/b13-7-. The maximum atomic E-state index is 13.3. The van der Waals surface area contributed by atoms with E-state index in [0.717, 1.165) is 17.1 Å². The number of pyridine rings is 1. The van der Waals surface area contributed by atoms with Crippen LogP contribution in [-0.4, -0.2) is 20.2 Å². The number of nitrogens with two attached hydrogens (primary N) is 2. The lowest BCUT2D eigenvalue weighted by Crippen LogP contribution is -2.26. The summed E-state index contributed by atoms with van der Waals surface area (Å²) in [6.07, 6.45) is -0.368. The maximum Gasteiger partial charge on any atom is 0.314 e. The molecule has 0 aliphatic rings. The van der Waals surface area contributed by atoms with Gasteiger partial charge in [-0.05, 0) is 24.3 Å². The molecule has 29 heavy (non-hydrogen) atoms. The summed E-state index contributed by atoms with van der Waals surface area (Å²) in [5.41, 5.74) is 6.32. The Morgan fingerprint density at radius 1 is 1.14 bits per heavy atom. The van der Waals surface area contributed by atoms with E-state index in [1.807, 2.05) is 0 Å². The quantitative estimate of drug-likeness (QED) is 0.277. The van der Waals surface area contributed by atoms with Gasteiger partial charge < -0.3 is 15.2 Å². The van der Waals surface area contributed by atoms with Crippen molar-refractivity contribution in [2.75, 3.05) is 0 Å². The first-order chi connectivity index (χ1) is 13.7. The lowest BCUT2D eigenvalue weighted by Gasteiger charge is -2.15. The molecule has 0 unspecified atom stereocenters. The highest BCUT2D eigenvalue weighted by molar-refractivity contribution is 5.62. The number of aromatic nitrogens is 3. The molecule has 1 aromatic carbocycles. The van der Waals surface area contributed by atoms with E-state index in [9.17, 15) is 22.0 Å². The van der Waals surface area contributed by atoms with Gasteiger partial charge in [0.05, 0.1) is 23.5 Å². The van der Waals surface area contributed by atoms with Gasteiger partial charge in [0.2, 0.25) is 5.89 Å². The molecular formula is C17H13F5N6O. The third kappa shape index (κ3) is 4.66. The van der Waals surface area contributed by atoms with Crippen LogP contribution in [0.15, 0.2) is 41.1 Å². The maximum absolute atomic E-state index is 13.3. The summed E-state index contributed by atoms with van der Waals surface area (Å²) in [6, 6.07) is 4.52. The third-order valence-electron chi connectivity index (χ3n) is 3.67. The smallest absolute Gasteiger partial charge is 0.314 e. The Kier molecular flexibility index (Phi) is 5.73. The van der Waals surface area contributed by atoms with Gasteiger partial charge in [-0.1, -0.05) is 0 Å². The van der Waals surface area contributed by atoms with Gasteiger partial charge in [-0.3, -0.25) is 4.98 Å². The van der Waals surface area contributed by atoms with Crippen LogP contribution in [0, 0.1) is 17.5 Å². The van der Waals surface area contributed by atoms with E-state index < -0.39 is 29.8 Å². The minimum absolute atomic E-state index is 0.0409. The van der Waals surface area contributed by atoms with Crippen LogP contribution in [0.3, 0.4) is 0 Å². The zero-order valence-corrected chi connectivity index (χ0v) is 14.5. The fourth-order valence-corrected chi connectivity index (χ4v) is 2.29. The molecule has 0 radical (unpaired) electrons. The van der Waals surface area contributed by atoms with Crippen LogP contribution in [0.25, 0.3) is 17.2 Å². The van der Waals surface area contributed by atoms with Crippen molar-refractivity contribution in [1.29, 1.82) is 0 Å². The summed E-state index contributed by atoms with van der Waals surface area (Å²) in [5.74, 6) is 0.508. The first-order valence-corrected chi connectivity index (χ1v) is 7.95. The average molecular weight is 412 g/mol. The summed E-state index contributed by atoms with van der Waals surface area (Å²) >= 11 is 0. The van der Waals surface area contributed by atoms with Crippen molar-refractivity contribution in [3.05, 3.63) is 71.3 Å². The second-order valence-corrected chi connectivity index (χ2v) is 5.80. The largest absolute Gasteiger partial charge is 0.415 e. The van der Waals surface area contributed by atoms with Crippen molar-refractivity contribution >= 4 is 5.70 Å². The summed E-state index contributed by atoms with van der Waals surface area (Å²) < 4.78 is 69.4. The van der Waals surface area contributed by atoms with Gasteiger partial charge in [0.1, 0.15) is 0 Å². The van der Waals surface area contributed by atoms with Crippen LogP contribution in [0.4, 0.5) is 22.0 Å². The molecule has 0 atom stereocenters. The highest BCUT2D eigenvalue weighted by atomic mass is 19.3. The number of rotatable bonds is 6. The molecule has 4 N–H and O–H groups in total. The Hall–Kier alpha value is -3.54. The van der Waals surface area contributed by atoms with E-state index >= 15 is 0 Å². The molecule has 152 valence electrons. The molecule has 2 aromatic heterocycles. The summed E-state index contributed by atoms with van der Waals surface area (Å²) in [6.45, 7) is 0.0409. The molecule has 0 amide bonds. The number of halogens is 5. The van der Waals surface area contributed by atoms with E-state index in [1.54, 1.807) is 0 Å². The highest BCUT2D eigenvalue weighted by Crippen LogP contribution is 2.23. The van der Waals surface area contributed by atoms with Crippen LogP contribution in [0.5, 0.6) is 0 Å². The first kappa shape index (κ1) is 20.2. The summed E-state index contributed by atoms with van der Waals surface area (Å²) in [7, 11) is 0. The number of benzene rings is 1. The Morgan fingerprint density at radius 3 is 2.38 bits per heavy atom. The van der Waals surface area contributed by atoms with Crippen molar-refractivity contribution in [3.8, 4) is 11.5 Å². The Morgan fingerprint density at radius 2 is 1.83 bits per heavy atom. The van der Waals surface area contributed by atoms with Crippen molar-refractivity contribution in [2.45, 2.75) is 13.0 Å². The Balaban J connectivity index is 1.70. The predicted molar refractivity (Wildman–Crippen MR) is 90.7 cm³/mol. The molecule has 0 fully saturated rings. The Labute approximate surface area is 160 Å². The summed E-state index contributed by atoms with van der Waals surface area (Å²) in [4.78, 5) is 4.09. The number of nitrogens with zero attached hydrogens (tertiary/aromatic N) is 4. The first-order valence-electron chi connectivity index (χ1n) is 7.95. The topological polar surface area (TPSA) is 107 Å². The number of alkyl halides is 2. The second-order valence-electron chi connectivity index (χ2n) is 5.80. The van der Waals surface area contributed by atoms with Crippen LogP contribution in [0.2, 0.25) is 0 Å². The molecule has 0 bridgehead atoms. The van der Waals surface area contributed by atoms with Gasteiger partial charge in [-0.2, -0.15) is 8.78 Å². The van der Waals surface area contributed by atoms with Crippen molar-refractivity contribution in [2.24, 2.45) is 11.6 Å². The fraction of sp³-hybridized carbons (Fsp3) is 0.118. The van der Waals surface area contributed by atoms with E-state index in [2.05, 4.69) is 15.2 Å². The SMILES string of the molecule is N/C(=C\N(N)Cc1ccc(-c2nnc(C(F)F)o2)cn1)c1cc(F)c(F)c(F)c1. The average Bonchev–Trinajstić information content (AvgIpc) is 3.16. The molecular weight excluding hydrogens is 399 g/mol. The van der Waals surface area contributed by atoms with Crippen LogP contribution in [-0.2, 0) is 6.54 Å². The molecule has 12 heteroatoms. The predicted octanol–water partition coefficient (Wildman–Crippen LogP) is 3.12. The molecule has 3 rings (SSSR count). The van der Waals surface area contributed by atoms with E-state index in [1.165, 1.54) is 24.5 Å². The number of hydrazine groups is 1. The summed E-state index contributed by atoms with van der Waals surface area (Å²) in [5, 5.41) is 7.82. The molecule has 0 spiro atoms. The van der Waals surface area contributed by atoms with Crippen molar-refractivity contribution in [1.82, 2.24) is 20.2 Å². The van der Waals surface area contributed by atoms with Gasteiger partial charge in [-0.15, -0.1) is 10.2 Å². The monoisotopic (exact) mass is 412 g/mol. The lowest BCUT2D eigenvalue weighted by molar-refractivity contribution is 0.116. The van der Waals surface area contributed by atoms with Crippen molar-refractivity contribution in [3.63, 3.8) is 0 Å². The molecule has 0 saturated heterocycles. The molecule has 0 saturated carbocycles. The van der Waals surface area contributed by atoms with E-state index in [4.69, 9.17) is 16.0 Å². The van der Waals surface area contributed by atoms with Gasteiger partial charge in [0.15, 0.2) is 17.5 Å². The third-order valence-corrected chi connectivity index (χ3v) is 3.67. The van der Waals surface area contributed by atoms with Crippen LogP contribution < -0.4 is 11.6 Å². The minimum Gasteiger partial charge on any atom is -0.415 e. The molecule has 2 heterocycles. The van der Waals surface area contributed by atoms with Crippen molar-refractivity contribution < 1.29 is 26.4 Å².